The second-order valence-electron chi connectivity index (χ2n) is 9.27. The highest BCUT2D eigenvalue weighted by molar-refractivity contribution is 7.18. The van der Waals surface area contributed by atoms with E-state index in [0.717, 1.165) is 36.1 Å². The number of nitrogens with one attached hydrogen (secondary N) is 1. The molecule has 0 saturated carbocycles. The van der Waals surface area contributed by atoms with Gasteiger partial charge in [-0.3, -0.25) is 9.59 Å². The van der Waals surface area contributed by atoms with Gasteiger partial charge in [-0.1, -0.05) is 67.1 Å². The maximum Gasteiger partial charge on any atom is 0.253 e. The van der Waals surface area contributed by atoms with Gasteiger partial charge < -0.3 is 15.0 Å². The molecule has 0 bridgehead atoms. The summed E-state index contributed by atoms with van der Waals surface area (Å²) in [7, 11) is 1.62. The first kappa shape index (κ1) is 28.0. The summed E-state index contributed by atoms with van der Waals surface area (Å²) in [5.41, 5.74) is 3.91. The number of ether oxygens (including phenoxy) is 1. The molecule has 0 unspecified atom stereocenters. The molecular weight excluding hydrogens is 508 g/mol. The molecule has 0 aliphatic heterocycles. The maximum atomic E-state index is 13.4. The van der Waals surface area contributed by atoms with Crippen molar-refractivity contribution in [3.8, 4) is 16.3 Å². The second-order valence-corrected chi connectivity index (χ2v) is 10.2. The van der Waals surface area contributed by atoms with E-state index in [1.165, 1.54) is 16.9 Å². The lowest BCUT2D eigenvalue weighted by molar-refractivity contribution is -0.116. The second kappa shape index (κ2) is 14.2. The standard InChI is InChI=1S/C31H34N4O3S/c1-3-4-8-24-11-13-26(14-12-24)30(37)35(21-19-23-9-6-5-7-10-23)22-20-28(36)32-31-34-33-29(39-31)25-15-17-27(38-2)18-16-25/h5-7,9-18H,3-4,8,19-22H2,1-2H3,(H,32,34,36). The van der Waals surface area contributed by atoms with Gasteiger partial charge in [-0.05, 0) is 66.8 Å². The number of rotatable bonds is 13. The van der Waals surface area contributed by atoms with Crippen LogP contribution in [0.5, 0.6) is 5.75 Å². The molecule has 0 spiro atoms. The number of aryl methyl sites for hydroxylation is 1. The molecule has 0 aliphatic rings. The highest BCUT2D eigenvalue weighted by Gasteiger charge is 2.18. The Morgan fingerprint density at radius 1 is 0.872 bits per heavy atom. The van der Waals surface area contributed by atoms with Gasteiger partial charge in [0.2, 0.25) is 11.0 Å². The van der Waals surface area contributed by atoms with E-state index >= 15 is 0 Å². The van der Waals surface area contributed by atoms with Gasteiger partial charge in [0.1, 0.15) is 10.8 Å². The Hall–Kier alpha value is -4.04. The number of nitrogens with zero attached hydrogens (tertiary/aromatic N) is 3. The van der Waals surface area contributed by atoms with E-state index in [1.54, 1.807) is 12.0 Å². The Balaban J connectivity index is 1.38. The predicted octanol–water partition coefficient (Wildman–Crippen LogP) is 6.27. The molecule has 39 heavy (non-hydrogen) atoms. The van der Waals surface area contributed by atoms with E-state index in [9.17, 15) is 9.59 Å². The molecule has 4 rings (SSSR count). The molecule has 0 fully saturated rings. The van der Waals surface area contributed by atoms with Crippen LogP contribution >= 0.6 is 11.3 Å². The van der Waals surface area contributed by atoms with Gasteiger partial charge in [0, 0.05) is 30.6 Å². The van der Waals surface area contributed by atoms with Crippen LogP contribution in [0.25, 0.3) is 10.6 Å². The number of anilines is 1. The molecule has 8 heteroatoms. The average molecular weight is 543 g/mol. The van der Waals surface area contributed by atoms with Crippen LogP contribution in [0.1, 0.15) is 47.7 Å². The van der Waals surface area contributed by atoms with E-state index in [0.29, 0.717) is 35.2 Å². The Labute approximate surface area is 233 Å². The van der Waals surface area contributed by atoms with Crippen molar-refractivity contribution < 1.29 is 14.3 Å². The normalized spacial score (nSPS) is 10.7. The summed E-state index contributed by atoms with van der Waals surface area (Å²) in [6.07, 6.45) is 4.14. The van der Waals surface area contributed by atoms with Crippen LogP contribution in [0, 0.1) is 0 Å². The summed E-state index contributed by atoms with van der Waals surface area (Å²) >= 11 is 1.30. The monoisotopic (exact) mass is 542 g/mol. The number of methoxy groups -OCH3 is 1. The minimum Gasteiger partial charge on any atom is -0.497 e. The predicted molar refractivity (Wildman–Crippen MR) is 156 cm³/mol. The topological polar surface area (TPSA) is 84.4 Å². The molecule has 202 valence electrons. The Morgan fingerprint density at radius 3 is 2.28 bits per heavy atom. The lowest BCUT2D eigenvalue weighted by Gasteiger charge is -2.23. The zero-order valence-corrected chi connectivity index (χ0v) is 23.2. The molecule has 1 N–H and O–H groups in total. The van der Waals surface area contributed by atoms with Crippen LogP contribution in [-0.4, -0.2) is 47.1 Å². The fraction of sp³-hybridized carbons (Fsp3) is 0.290. The summed E-state index contributed by atoms with van der Waals surface area (Å²) < 4.78 is 5.20. The number of benzene rings is 3. The van der Waals surface area contributed by atoms with E-state index in [4.69, 9.17) is 4.74 Å². The Kier molecular flexibility index (Phi) is 10.2. The summed E-state index contributed by atoms with van der Waals surface area (Å²) in [6.45, 7) is 3.00. The molecular formula is C31H34N4O3S. The minimum absolute atomic E-state index is 0.0709. The number of unbranched alkanes of at least 4 members (excludes halogenated alkanes) is 1. The van der Waals surface area contributed by atoms with Crippen LogP contribution in [0.4, 0.5) is 5.13 Å². The van der Waals surface area contributed by atoms with Crippen molar-refractivity contribution >= 4 is 28.3 Å². The number of amides is 2. The van der Waals surface area contributed by atoms with Crippen molar-refractivity contribution in [2.24, 2.45) is 0 Å². The Bertz CT molecular complexity index is 1340. The third-order valence-corrected chi connectivity index (χ3v) is 7.33. The average Bonchev–Trinajstić information content (AvgIpc) is 3.45. The fourth-order valence-corrected chi connectivity index (χ4v) is 4.91. The summed E-state index contributed by atoms with van der Waals surface area (Å²) in [4.78, 5) is 28.0. The number of aromatic nitrogens is 2. The van der Waals surface area contributed by atoms with Crippen LogP contribution in [0.15, 0.2) is 78.9 Å². The minimum atomic E-state index is -0.208. The zero-order chi connectivity index (χ0) is 27.5. The van der Waals surface area contributed by atoms with Gasteiger partial charge in [-0.2, -0.15) is 0 Å². The lowest BCUT2D eigenvalue weighted by Crippen LogP contribution is -2.35. The summed E-state index contributed by atoms with van der Waals surface area (Å²) in [6, 6.07) is 25.4. The van der Waals surface area contributed by atoms with E-state index in [1.807, 2.05) is 78.9 Å². The quantitative estimate of drug-likeness (QED) is 0.215. The van der Waals surface area contributed by atoms with Crippen molar-refractivity contribution in [2.45, 2.75) is 39.0 Å². The van der Waals surface area contributed by atoms with E-state index in [-0.39, 0.29) is 18.2 Å². The molecule has 0 radical (unpaired) electrons. The van der Waals surface area contributed by atoms with Gasteiger partial charge >= 0.3 is 0 Å². The third kappa shape index (κ3) is 8.22. The zero-order valence-electron chi connectivity index (χ0n) is 22.4. The molecule has 3 aromatic carbocycles. The number of hydrogen-bond acceptors (Lipinski definition) is 6. The van der Waals surface area contributed by atoms with Crippen LogP contribution in [0.2, 0.25) is 0 Å². The fourth-order valence-electron chi connectivity index (χ4n) is 4.14. The highest BCUT2D eigenvalue weighted by atomic mass is 32.1. The van der Waals surface area contributed by atoms with Crippen LogP contribution in [0.3, 0.4) is 0 Å². The Morgan fingerprint density at radius 2 is 1.59 bits per heavy atom. The van der Waals surface area contributed by atoms with E-state index in [2.05, 4.69) is 22.4 Å². The van der Waals surface area contributed by atoms with Crippen LogP contribution in [-0.2, 0) is 17.6 Å². The van der Waals surface area contributed by atoms with Gasteiger partial charge in [-0.25, -0.2) is 0 Å². The van der Waals surface area contributed by atoms with Crippen molar-refractivity contribution in [1.29, 1.82) is 0 Å². The number of carbonyl (C=O) groups is 2. The molecule has 0 saturated heterocycles. The SMILES string of the molecule is CCCCc1ccc(C(=O)N(CCC(=O)Nc2nnc(-c3ccc(OC)cc3)s2)CCc2ccccc2)cc1. The molecule has 1 heterocycles. The molecule has 7 nitrogen and oxygen atoms in total. The largest absolute Gasteiger partial charge is 0.497 e. The van der Waals surface area contributed by atoms with Gasteiger partial charge in [0.15, 0.2) is 0 Å². The van der Waals surface area contributed by atoms with Gasteiger partial charge in [0.25, 0.3) is 5.91 Å². The number of hydrogen-bond donors (Lipinski definition) is 1. The van der Waals surface area contributed by atoms with E-state index < -0.39 is 0 Å². The maximum absolute atomic E-state index is 13.4. The lowest BCUT2D eigenvalue weighted by atomic mass is 10.1. The molecule has 0 atom stereocenters. The third-order valence-electron chi connectivity index (χ3n) is 6.44. The molecule has 0 aliphatic carbocycles. The molecule has 4 aromatic rings. The smallest absolute Gasteiger partial charge is 0.253 e. The van der Waals surface area contributed by atoms with Gasteiger partial charge in [-0.15, -0.1) is 10.2 Å². The highest BCUT2D eigenvalue weighted by Crippen LogP contribution is 2.27. The molecule has 1 aromatic heterocycles. The van der Waals surface area contributed by atoms with Crippen LogP contribution < -0.4 is 10.1 Å². The summed E-state index contributed by atoms with van der Waals surface area (Å²) in [5, 5.41) is 12.3. The molecule has 2 amide bonds. The first-order valence-electron chi connectivity index (χ1n) is 13.3. The van der Waals surface area contributed by atoms with Crippen molar-refractivity contribution in [3.05, 3.63) is 95.6 Å². The number of carbonyl (C=O) groups excluding carboxylic acids is 2. The van der Waals surface area contributed by atoms with Crippen molar-refractivity contribution in [3.63, 3.8) is 0 Å². The van der Waals surface area contributed by atoms with Crippen molar-refractivity contribution in [2.75, 3.05) is 25.5 Å². The summed E-state index contributed by atoms with van der Waals surface area (Å²) in [5.74, 6) is 0.480. The van der Waals surface area contributed by atoms with Gasteiger partial charge in [0.05, 0.1) is 7.11 Å². The first-order valence-corrected chi connectivity index (χ1v) is 14.1. The van der Waals surface area contributed by atoms with Crippen molar-refractivity contribution in [1.82, 2.24) is 15.1 Å². The first-order chi connectivity index (χ1) is 19.1.